The van der Waals surface area contributed by atoms with E-state index in [1.54, 1.807) is 0 Å². The molecular formula is C30H33FNP. The molecule has 2 aliphatic rings. The van der Waals surface area contributed by atoms with Crippen molar-refractivity contribution in [2.75, 3.05) is 0 Å². The number of allylic oxidation sites excluding steroid dienone is 2. The molecule has 2 N–H and O–H groups in total. The van der Waals surface area contributed by atoms with E-state index in [2.05, 4.69) is 92.7 Å². The molecule has 0 radical (unpaired) electrons. The van der Waals surface area contributed by atoms with Crippen LogP contribution in [0, 0.1) is 6.92 Å². The lowest BCUT2D eigenvalue weighted by molar-refractivity contribution is 0.253. The molecule has 0 spiro atoms. The number of hydrogen-bond acceptors (Lipinski definition) is 1. The zero-order chi connectivity index (χ0) is 23.3. The average molecular weight is 458 g/mol. The molecule has 0 amide bonds. The van der Waals surface area contributed by atoms with Gasteiger partial charge in [0.2, 0.25) is 0 Å². The molecule has 1 unspecified atom stereocenters. The summed E-state index contributed by atoms with van der Waals surface area (Å²) in [6.07, 6.45) is 7.31. The number of rotatable bonds is 5. The van der Waals surface area contributed by atoms with Gasteiger partial charge >= 0.3 is 0 Å². The number of nitrogens with two attached hydrogens (primary N) is 1. The molecule has 3 aromatic carbocycles. The first-order chi connectivity index (χ1) is 16.0. The first-order valence-corrected chi connectivity index (χ1v) is 12.8. The number of halogens is 1. The zero-order valence-electron chi connectivity index (χ0n) is 19.6. The topological polar surface area (TPSA) is 26.0 Å². The predicted molar refractivity (Wildman–Crippen MR) is 142 cm³/mol. The van der Waals surface area contributed by atoms with E-state index in [-0.39, 0.29) is 5.54 Å². The summed E-state index contributed by atoms with van der Waals surface area (Å²) in [4.78, 5) is 0. The Kier molecular flexibility index (Phi) is 7.58. The van der Waals surface area contributed by atoms with Crippen LogP contribution in [0.15, 0.2) is 84.9 Å². The van der Waals surface area contributed by atoms with Crippen molar-refractivity contribution in [3.05, 3.63) is 113 Å². The maximum atomic E-state index is 12.5. The van der Waals surface area contributed by atoms with Gasteiger partial charge in [0, 0.05) is 12.0 Å². The fourth-order valence-corrected chi connectivity index (χ4v) is 5.22. The molecule has 0 bridgehead atoms. The van der Waals surface area contributed by atoms with Gasteiger partial charge in [-0.2, -0.15) is 0 Å². The van der Waals surface area contributed by atoms with Gasteiger partial charge in [-0.15, -0.1) is 0 Å². The monoisotopic (exact) mass is 457 g/mol. The second-order valence-electron chi connectivity index (χ2n) is 9.15. The van der Waals surface area contributed by atoms with Crippen molar-refractivity contribution in [1.82, 2.24) is 0 Å². The van der Waals surface area contributed by atoms with Gasteiger partial charge in [-0.25, -0.2) is 4.39 Å². The minimum atomic E-state index is -0.611. The van der Waals surface area contributed by atoms with Gasteiger partial charge in [0.15, 0.2) is 0 Å². The van der Waals surface area contributed by atoms with Gasteiger partial charge in [0.25, 0.3) is 0 Å². The van der Waals surface area contributed by atoms with Crippen LogP contribution in [0.3, 0.4) is 0 Å². The third-order valence-electron chi connectivity index (χ3n) is 6.67. The normalized spacial score (nSPS) is 19.3. The summed E-state index contributed by atoms with van der Waals surface area (Å²) in [6.45, 7) is 4.17. The van der Waals surface area contributed by atoms with Crippen LogP contribution in [0.5, 0.6) is 0 Å². The average Bonchev–Trinajstić information content (AvgIpc) is 2.80. The molecular weight excluding hydrogens is 424 g/mol. The molecule has 1 fully saturated rings. The quantitative estimate of drug-likeness (QED) is 0.388. The van der Waals surface area contributed by atoms with Crippen molar-refractivity contribution in [3.63, 3.8) is 0 Å². The zero-order valence-corrected chi connectivity index (χ0v) is 20.5. The SMILES string of the molecule is C/C=C(\Cc1ccc(C2(N)CCC2)cc1)c1ccccc1.Cc1cccc(C2=PC(F)C2)c1. The Hall–Kier alpha value is -2.54. The number of hydrogen-bond donors (Lipinski definition) is 1. The molecule has 3 aromatic rings. The highest BCUT2D eigenvalue weighted by molar-refractivity contribution is 7.44. The summed E-state index contributed by atoms with van der Waals surface area (Å²) in [5.74, 6) is -0.611. The second kappa shape index (κ2) is 10.6. The molecule has 1 aliphatic heterocycles. The third kappa shape index (κ3) is 5.88. The minimum Gasteiger partial charge on any atom is -0.321 e. The Bertz CT molecular complexity index is 1130. The maximum Gasteiger partial charge on any atom is 0.146 e. The van der Waals surface area contributed by atoms with E-state index in [9.17, 15) is 4.39 Å². The molecule has 1 nitrogen and oxygen atoms in total. The van der Waals surface area contributed by atoms with E-state index in [0.29, 0.717) is 6.42 Å². The number of alkyl halides is 1. The third-order valence-corrected chi connectivity index (χ3v) is 7.89. The van der Waals surface area contributed by atoms with Crippen molar-refractivity contribution in [3.8, 4) is 0 Å². The van der Waals surface area contributed by atoms with Crippen molar-refractivity contribution >= 4 is 19.1 Å². The van der Waals surface area contributed by atoms with Gasteiger partial charge in [-0.05, 0) is 72.7 Å². The molecule has 1 saturated carbocycles. The Morgan fingerprint density at radius 2 is 1.73 bits per heavy atom. The van der Waals surface area contributed by atoms with Gasteiger partial charge in [0.05, 0.1) is 0 Å². The minimum absolute atomic E-state index is 0.0542. The molecule has 170 valence electrons. The molecule has 1 heterocycles. The summed E-state index contributed by atoms with van der Waals surface area (Å²) in [7, 11) is 0.875. The lowest BCUT2D eigenvalue weighted by atomic mass is 9.72. The second-order valence-corrected chi connectivity index (χ2v) is 10.5. The standard InChI is InChI=1S/C20H23N.C10H10FP/c1-2-17(18-7-4-3-5-8-18)15-16-9-11-19(12-10-16)20(21)13-6-14-20;1-7-3-2-4-8(5-7)9-6-10(11)12-9/h2-5,7-12H,6,13-15,21H2,1H3;2-5,10H,6H2,1H3/b17-2+;. The van der Waals surface area contributed by atoms with Crippen LogP contribution in [0.25, 0.3) is 5.57 Å². The van der Waals surface area contributed by atoms with Crippen LogP contribution in [-0.2, 0) is 12.0 Å². The van der Waals surface area contributed by atoms with Gasteiger partial charge in [0.1, 0.15) is 5.91 Å². The lowest BCUT2D eigenvalue weighted by Gasteiger charge is -2.38. The number of aryl methyl sites for hydroxylation is 1. The summed E-state index contributed by atoms with van der Waals surface area (Å²) in [5.41, 5.74) is 14.1. The van der Waals surface area contributed by atoms with E-state index in [1.807, 2.05) is 6.07 Å². The molecule has 1 aliphatic carbocycles. The highest BCUT2D eigenvalue weighted by Crippen LogP contribution is 2.38. The van der Waals surface area contributed by atoms with Crippen LogP contribution in [-0.4, -0.2) is 11.2 Å². The van der Waals surface area contributed by atoms with E-state index < -0.39 is 5.91 Å². The smallest absolute Gasteiger partial charge is 0.146 e. The first kappa shape index (κ1) is 23.6. The van der Waals surface area contributed by atoms with Crippen LogP contribution < -0.4 is 5.73 Å². The van der Waals surface area contributed by atoms with E-state index >= 15 is 0 Å². The van der Waals surface area contributed by atoms with Crippen LogP contribution in [0.1, 0.15) is 60.4 Å². The fourth-order valence-electron chi connectivity index (χ4n) is 4.38. The highest BCUT2D eigenvalue weighted by Gasteiger charge is 2.33. The molecule has 5 rings (SSSR count). The van der Waals surface area contributed by atoms with E-state index in [1.165, 1.54) is 45.1 Å². The van der Waals surface area contributed by atoms with Crippen LogP contribution in [0.2, 0.25) is 0 Å². The maximum absolute atomic E-state index is 12.5. The fraction of sp³-hybridized carbons (Fsp3) is 0.300. The van der Waals surface area contributed by atoms with Crippen molar-refractivity contribution < 1.29 is 4.39 Å². The van der Waals surface area contributed by atoms with Crippen LogP contribution >= 0.6 is 8.20 Å². The van der Waals surface area contributed by atoms with E-state index in [4.69, 9.17) is 5.73 Å². The molecule has 3 heteroatoms. The molecule has 0 saturated heterocycles. The van der Waals surface area contributed by atoms with E-state index in [0.717, 1.165) is 27.5 Å². The van der Waals surface area contributed by atoms with Crippen molar-refractivity contribution in [1.29, 1.82) is 0 Å². The van der Waals surface area contributed by atoms with Crippen molar-refractivity contribution in [2.45, 2.75) is 57.4 Å². The van der Waals surface area contributed by atoms with Crippen molar-refractivity contribution in [2.24, 2.45) is 5.73 Å². The summed E-state index contributed by atoms with van der Waals surface area (Å²) in [5, 5.41) is 1.24. The largest absolute Gasteiger partial charge is 0.321 e. The Balaban J connectivity index is 0.000000183. The van der Waals surface area contributed by atoms with Crippen LogP contribution in [0.4, 0.5) is 4.39 Å². The Morgan fingerprint density at radius 3 is 2.27 bits per heavy atom. The Morgan fingerprint density at radius 1 is 1.03 bits per heavy atom. The summed E-state index contributed by atoms with van der Waals surface area (Å²) < 4.78 is 12.5. The molecule has 0 aromatic heterocycles. The Labute approximate surface area is 199 Å². The number of benzene rings is 3. The predicted octanol–water partition coefficient (Wildman–Crippen LogP) is 7.83. The first-order valence-electron chi connectivity index (χ1n) is 11.8. The van der Waals surface area contributed by atoms with Gasteiger partial charge in [-0.3, -0.25) is 0 Å². The highest BCUT2D eigenvalue weighted by atomic mass is 31.1. The van der Waals surface area contributed by atoms with Gasteiger partial charge < -0.3 is 5.73 Å². The lowest BCUT2D eigenvalue weighted by Crippen LogP contribution is -2.43. The summed E-state index contributed by atoms with van der Waals surface area (Å²) >= 11 is 0. The molecule has 33 heavy (non-hydrogen) atoms. The van der Waals surface area contributed by atoms with Gasteiger partial charge in [-0.1, -0.05) is 98.7 Å². The molecule has 1 atom stereocenters. The summed E-state index contributed by atoms with van der Waals surface area (Å²) in [6, 6.07) is 27.8.